The molecule has 10 rings (SSSR count). The Morgan fingerprint density at radius 3 is 1.76 bits per heavy atom. The van der Waals surface area contributed by atoms with Crippen molar-refractivity contribution in [2.24, 2.45) is 9.98 Å². The van der Waals surface area contributed by atoms with Crippen molar-refractivity contribution in [2.75, 3.05) is 4.90 Å². The van der Waals surface area contributed by atoms with Crippen molar-refractivity contribution in [3.05, 3.63) is 235 Å². The zero-order valence-electron chi connectivity index (χ0n) is 31.9. The Labute approximate surface area is 343 Å². The first kappa shape index (κ1) is 35.3. The van der Waals surface area contributed by atoms with Gasteiger partial charge in [-0.05, 0) is 87.5 Å². The first-order valence-electron chi connectivity index (χ1n) is 19.7. The van der Waals surface area contributed by atoms with Crippen LogP contribution in [0, 0.1) is 0 Å². The molecule has 0 fully saturated rings. The number of thiophene rings is 1. The van der Waals surface area contributed by atoms with E-state index in [1.54, 1.807) is 0 Å². The van der Waals surface area contributed by atoms with Crippen LogP contribution in [0.5, 0.6) is 0 Å². The SMILES string of the molecule is C=C1CC(c2ccccc2)=NC(c2cccc3sc4cc(N(c5ccccc5)c5cccc(-c6ccccc6)c5)ccc4c23)=NC1c1cccc(-c2ccccc2)c1. The molecule has 58 heavy (non-hydrogen) atoms. The Balaban J connectivity index is 1.11. The van der Waals surface area contributed by atoms with E-state index in [2.05, 4.69) is 212 Å². The Bertz CT molecular complexity index is 2980. The van der Waals surface area contributed by atoms with Gasteiger partial charge in [0.05, 0.1) is 11.8 Å². The molecule has 0 saturated heterocycles. The van der Waals surface area contributed by atoms with Crippen LogP contribution in [0.15, 0.2) is 228 Å². The zero-order chi connectivity index (χ0) is 38.8. The van der Waals surface area contributed by atoms with Crippen molar-refractivity contribution in [3.63, 3.8) is 0 Å². The van der Waals surface area contributed by atoms with Crippen LogP contribution in [0.4, 0.5) is 17.1 Å². The molecule has 4 heteroatoms. The Morgan fingerprint density at radius 1 is 0.483 bits per heavy atom. The van der Waals surface area contributed by atoms with Gasteiger partial charge in [-0.1, -0.05) is 164 Å². The number of para-hydroxylation sites is 1. The highest BCUT2D eigenvalue weighted by Gasteiger charge is 2.25. The lowest BCUT2D eigenvalue weighted by Crippen LogP contribution is -2.09. The number of nitrogens with zero attached hydrogens (tertiary/aromatic N) is 3. The maximum Gasteiger partial charge on any atom is 0.156 e. The van der Waals surface area contributed by atoms with Gasteiger partial charge in [-0.15, -0.1) is 11.3 Å². The predicted octanol–water partition coefficient (Wildman–Crippen LogP) is 14.8. The van der Waals surface area contributed by atoms with Crippen LogP contribution in [0.1, 0.15) is 29.2 Å². The highest BCUT2D eigenvalue weighted by molar-refractivity contribution is 7.26. The molecule has 0 saturated carbocycles. The fourth-order valence-electron chi connectivity index (χ4n) is 8.10. The fourth-order valence-corrected chi connectivity index (χ4v) is 9.26. The molecular weight excluding hydrogens is 723 g/mol. The minimum absolute atomic E-state index is 0.263. The van der Waals surface area contributed by atoms with E-state index in [9.17, 15) is 0 Å². The van der Waals surface area contributed by atoms with Gasteiger partial charge in [-0.3, -0.25) is 4.99 Å². The van der Waals surface area contributed by atoms with Gasteiger partial charge in [0.25, 0.3) is 0 Å². The van der Waals surface area contributed by atoms with Crippen molar-refractivity contribution >= 4 is 60.1 Å². The van der Waals surface area contributed by atoms with Crippen molar-refractivity contribution in [3.8, 4) is 22.3 Å². The van der Waals surface area contributed by atoms with Crippen molar-refractivity contribution in [1.29, 1.82) is 0 Å². The molecule has 0 spiro atoms. The van der Waals surface area contributed by atoms with Crippen LogP contribution in [0.25, 0.3) is 42.4 Å². The average Bonchev–Trinajstić information content (AvgIpc) is 3.57. The third-order valence-corrected chi connectivity index (χ3v) is 12.0. The molecule has 3 nitrogen and oxygen atoms in total. The van der Waals surface area contributed by atoms with E-state index in [0.717, 1.165) is 56.4 Å². The molecule has 9 aromatic rings. The summed E-state index contributed by atoms with van der Waals surface area (Å²) in [6.45, 7) is 4.65. The van der Waals surface area contributed by atoms with Crippen LogP contribution in [-0.2, 0) is 0 Å². The molecular formula is C54H39N3S. The summed E-state index contributed by atoms with van der Waals surface area (Å²) in [6, 6.07) is 72.9. The third-order valence-electron chi connectivity index (χ3n) is 10.9. The predicted molar refractivity (Wildman–Crippen MR) is 247 cm³/mol. The Morgan fingerprint density at radius 2 is 1.05 bits per heavy atom. The smallest absolute Gasteiger partial charge is 0.156 e. The second-order valence-corrected chi connectivity index (χ2v) is 15.7. The number of anilines is 3. The summed E-state index contributed by atoms with van der Waals surface area (Å²) in [5.41, 5.74) is 13.2. The lowest BCUT2D eigenvalue weighted by molar-refractivity contribution is 0.841. The number of benzene rings is 8. The zero-order valence-corrected chi connectivity index (χ0v) is 32.7. The molecule has 1 unspecified atom stereocenters. The van der Waals surface area contributed by atoms with Gasteiger partial charge in [-0.2, -0.15) is 0 Å². The first-order chi connectivity index (χ1) is 28.7. The summed E-state index contributed by atoms with van der Waals surface area (Å²) in [7, 11) is 0. The van der Waals surface area contributed by atoms with Crippen molar-refractivity contribution in [1.82, 2.24) is 0 Å². The number of hydrogen-bond donors (Lipinski definition) is 0. The van der Waals surface area contributed by atoms with E-state index in [4.69, 9.17) is 9.98 Å². The van der Waals surface area contributed by atoms with Gasteiger partial charge >= 0.3 is 0 Å². The second kappa shape index (κ2) is 15.4. The van der Waals surface area contributed by atoms with E-state index in [1.807, 2.05) is 17.4 Å². The maximum absolute atomic E-state index is 5.53. The standard InChI is InChI=1S/C54H39N3S/c1-37-33-49(40-21-10-4-11-22-40)55-54(56-53(37)43-25-14-23-41(34-43)38-17-6-2-7-18-38)48-29-16-30-50-52(48)47-32-31-46(36-51(47)58-50)57(44-26-12-5-13-27-44)45-28-15-24-42(35-45)39-19-8-3-9-20-39/h2-32,34-36,53H,1,33H2. The van der Waals surface area contributed by atoms with E-state index >= 15 is 0 Å². The summed E-state index contributed by atoms with van der Waals surface area (Å²) in [6.07, 6.45) is 0.627. The quantitative estimate of drug-likeness (QED) is 0.142. The maximum atomic E-state index is 5.53. The van der Waals surface area contributed by atoms with Crippen LogP contribution in [0.3, 0.4) is 0 Å². The first-order valence-corrected chi connectivity index (χ1v) is 20.5. The lowest BCUT2D eigenvalue weighted by atomic mass is 9.92. The molecule has 0 radical (unpaired) electrons. The normalized spacial score (nSPS) is 14.2. The monoisotopic (exact) mass is 761 g/mol. The van der Waals surface area contributed by atoms with Crippen molar-refractivity contribution in [2.45, 2.75) is 12.5 Å². The minimum Gasteiger partial charge on any atom is -0.310 e. The summed E-state index contributed by atoms with van der Waals surface area (Å²) in [4.78, 5) is 13.3. The van der Waals surface area contributed by atoms with Gasteiger partial charge in [0, 0.05) is 49.2 Å². The topological polar surface area (TPSA) is 28.0 Å². The van der Waals surface area contributed by atoms with E-state index in [0.29, 0.717) is 6.42 Å². The number of amidine groups is 1. The van der Waals surface area contributed by atoms with Gasteiger partial charge in [-0.25, -0.2) is 4.99 Å². The van der Waals surface area contributed by atoms with Crippen LogP contribution in [0.2, 0.25) is 0 Å². The molecule has 0 amide bonds. The second-order valence-electron chi connectivity index (χ2n) is 14.7. The number of rotatable bonds is 8. The third kappa shape index (κ3) is 6.85. The molecule has 8 aromatic carbocycles. The fraction of sp³-hybridized carbons (Fsp3) is 0.0370. The van der Waals surface area contributed by atoms with Gasteiger partial charge in [0.15, 0.2) is 5.84 Å². The molecule has 1 aromatic heterocycles. The van der Waals surface area contributed by atoms with Gasteiger partial charge in [0.2, 0.25) is 0 Å². The van der Waals surface area contributed by atoms with Crippen LogP contribution < -0.4 is 4.90 Å². The van der Waals surface area contributed by atoms with Gasteiger partial charge < -0.3 is 4.90 Å². The van der Waals surface area contributed by atoms with Crippen LogP contribution >= 0.6 is 11.3 Å². The summed E-state index contributed by atoms with van der Waals surface area (Å²) in [5.74, 6) is 0.727. The van der Waals surface area contributed by atoms with Crippen molar-refractivity contribution < 1.29 is 0 Å². The molecule has 1 aliphatic heterocycles. The van der Waals surface area contributed by atoms with Gasteiger partial charge in [0.1, 0.15) is 0 Å². The molecule has 0 N–H and O–H groups in total. The Hall–Kier alpha value is -7.14. The molecule has 0 bridgehead atoms. The molecule has 1 aliphatic rings. The number of aliphatic imine (C=N–C) groups is 2. The number of fused-ring (bicyclic) bond motifs is 3. The molecule has 1 atom stereocenters. The summed E-state index contributed by atoms with van der Waals surface area (Å²) < 4.78 is 2.41. The Kier molecular flexibility index (Phi) is 9.38. The minimum atomic E-state index is -0.263. The highest BCUT2D eigenvalue weighted by atomic mass is 32.1. The summed E-state index contributed by atoms with van der Waals surface area (Å²) in [5, 5.41) is 2.36. The number of hydrogen-bond acceptors (Lipinski definition) is 4. The van der Waals surface area contributed by atoms with Crippen LogP contribution in [-0.4, -0.2) is 11.5 Å². The summed E-state index contributed by atoms with van der Waals surface area (Å²) >= 11 is 1.81. The average molecular weight is 762 g/mol. The molecule has 2 heterocycles. The van der Waals surface area contributed by atoms with E-state index in [-0.39, 0.29) is 6.04 Å². The lowest BCUT2D eigenvalue weighted by Gasteiger charge is -2.26. The van der Waals surface area contributed by atoms with E-state index in [1.165, 1.54) is 36.9 Å². The molecule has 276 valence electrons. The largest absolute Gasteiger partial charge is 0.310 e. The highest BCUT2D eigenvalue weighted by Crippen LogP contribution is 2.43. The molecule has 0 aliphatic carbocycles. The van der Waals surface area contributed by atoms with E-state index < -0.39 is 0 Å².